The Morgan fingerprint density at radius 1 is 1.11 bits per heavy atom. The molecule has 0 heterocycles. The molecule has 0 aliphatic rings. The van der Waals surface area contributed by atoms with Gasteiger partial charge in [-0.25, -0.2) is 0 Å². The highest BCUT2D eigenvalue weighted by Crippen LogP contribution is 2.15. The molecule has 5 heteroatoms. The Hall–Kier alpha value is -1.10. The largest absolute Gasteiger partial charge is 0.481 e. The average molecular weight is 272 g/mol. The lowest BCUT2D eigenvalue weighted by molar-refractivity contribution is -0.138. The quantitative estimate of drug-likeness (QED) is 0.594. The van der Waals surface area contributed by atoms with Crippen LogP contribution in [-0.4, -0.2) is 29.6 Å². The summed E-state index contributed by atoms with van der Waals surface area (Å²) in [4.78, 5) is 22.5. The van der Waals surface area contributed by atoms with E-state index in [0.717, 1.165) is 6.42 Å². The topological polar surface area (TPSA) is 92.4 Å². The van der Waals surface area contributed by atoms with Gasteiger partial charge in [0.1, 0.15) is 0 Å². The second kappa shape index (κ2) is 8.91. The third-order valence-electron chi connectivity index (χ3n) is 2.90. The van der Waals surface area contributed by atoms with Crippen LogP contribution in [0, 0.1) is 17.8 Å². The summed E-state index contributed by atoms with van der Waals surface area (Å²) < 4.78 is 0. The maximum atomic E-state index is 11.8. The van der Waals surface area contributed by atoms with Crippen LogP contribution in [-0.2, 0) is 9.59 Å². The van der Waals surface area contributed by atoms with Crippen molar-refractivity contribution < 1.29 is 14.7 Å². The number of aliphatic carboxylic acids is 1. The molecule has 1 amide bonds. The van der Waals surface area contributed by atoms with Gasteiger partial charge in [-0.2, -0.15) is 0 Å². The molecule has 0 aromatic heterocycles. The first-order valence-corrected chi connectivity index (χ1v) is 6.97. The van der Waals surface area contributed by atoms with Crippen molar-refractivity contribution in [1.29, 1.82) is 0 Å². The van der Waals surface area contributed by atoms with Crippen LogP contribution >= 0.6 is 0 Å². The summed E-state index contributed by atoms with van der Waals surface area (Å²) in [7, 11) is 0. The lowest BCUT2D eigenvalue weighted by Crippen LogP contribution is -2.43. The third-order valence-corrected chi connectivity index (χ3v) is 2.90. The van der Waals surface area contributed by atoms with Gasteiger partial charge < -0.3 is 16.2 Å². The number of carboxylic acid groups (broad SMARTS) is 1. The van der Waals surface area contributed by atoms with Gasteiger partial charge in [-0.15, -0.1) is 0 Å². The molecule has 0 saturated heterocycles. The molecule has 0 aliphatic carbocycles. The molecule has 0 spiro atoms. The number of carbonyl (C=O) groups excluding carboxylic acids is 1. The van der Waals surface area contributed by atoms with Crippen molar-refractivity contribution in [1.82, 2.24) is 5.32 Å². The van der Waals surface area contributed by atoms with Gasteiger partial charge in [0, 0.05) is 13.0 Å². The van der Waals surface area contributed by atoms with Gasteiger partial charge in [0.2, 0.25) is 5.91 Å². The fraction of sp³-hybridized carbons (Fsp3) is 0.857. The van der Waals surface area contributed by atoms with Crippen molar-refractivity contribution in [3.05, 3.63) is 0 Å². The van der Waals surface area contributed by atoms with Crippen LogP contribution in [0.5, 0.6) is 0 Å². The molecule has 2 unspecified atom stereocenters. The molecule has 0 aromatic carbocycles. The fourth-order valence-corrected chi connectivity index (χ4v) is 2.14. The van der Waals surface area contributed by atoms with Gasteiger partial charge in [-0.3, -0.25) is 9.59 Å². The molecule has 0 fully saturated rings. The van der Waals surface area contributed by atoms with E-state index in [1.54, 1.807) is 0 Å². The van der Waals surface area contributed by atoms with E-state index < -0.39 is 12.0 Å². The van der Waals surface area contributed by atoms with E-state index in [2.05, 4.69) is 5.32 Å². The zero-order chi connectivity index (χ0) is 15.0. The molecule has 0 radical (unpaired) electrons. The second-order valence-corrected chi connectivity index (χ2v) is 6.07. The van der Waals surface area contributed by atoms with Gasteiger partial charge in [0.15, 0.2) is 0 Å². The maximum absolute atomic E-state index is 11.8. The van der Waals surface area contributed by atoms with Crippen molar-refractivity contribution in [2.24, 2.45) is 23.5 Å². The van der Waals surface area contributed by atoms with Gasteiger partial charge in [-0.05, 0) is 30.6 Å². The number of carbonyl (C=O) groups is 2. The second-order valence-electron chi connectivity index (χ2n) is 6.07. The van der Waals surface area contributed by atoms with Crippen molar-refractivity contribution in [3.63, 3.8) is 0 Å². The minimum Gasteiger partial charge on any atom is -0.481 e. The number of nitrogens with two attached hydrogens (primary N) is 1. The van der Waals surface area contributed by atoms with Gasteiger partial charge in [0.25, 0.3) is 0 Å². The molecule has 5 nitrogen and oxygen atoms in total. The van der Waals surface area contributed by atoms with E-state index in [1.165, 1.54) is 0 Å². The summed E-state index contributed by atoms with van der Waals surface area (Å²) in [5, 5.41) is 11.6. The Morgan fingerprint density at radius 2 is 1.63 bits per heavy atom. The standard InChI is InChI=1S/C14H28N2O3/c1-9(2)5-11(7-13(17)18)8-16-14(19)12(15)6-10(3)4/h9-12H,5-8,15H2,1-4H3,(H,16,19)(H,17,18). The summed E-state index contributed by atoms with van der Waals surface area (Å²) in [6, 6.07) is -0.510. The van der Waals surface area contributed by atoms with Crippen LogP contribution in [0.25, 0.3) is 0 Å². The molecule has 4 N–H and O–H groups in total. The number of hydrogen-bond acceptors (Lipinski definition) is 3. The van der Waals surface area contributed by atoms with Gasteiger partial charge in [0.05, 0.1) is 6.04 Å². The van der Waals surface area contributed by atoms with Crippen LogP contribution in [0.4, 0.5) is 0 Å². The smallest absolute Gasteiger partial charge is 0.303 e. The molecule has 19 heavy (non-hydrogen) atoms. The number of nitrogens with one attached hydrogen (secondary N) is 1. The fourth-order valence-electron chi connectivity index (χ4n) is 2.14. The van der Waals surface area contributed by atoms with Crippen LogP contribution < -0.4 is 11.1 Å². The number of rotatable bonds is 9. The van der Waals surface area contributed by atoms with Crippen molar-refractivity contribution >= 4 is 11.9 Å². The molecule has 0 saturated carbocycles. The lowest BCUT2D eigenvalue weighted by atomic mass is 9.94. The van der Waals surface area contributed by atoms with Crippen molar-refractivity contribution in [2.75, 3.05) is 6.54 Å². The number of hydrogen-bond donors (Lipinski definition) is 3. The summed E-state index contributed by atoms with van der Waals surface area (Å²) in [6.07, 6.45) is 1.50. The molecule has 2 atom stereocenters. The molecule has 0 rings (SSSR count). The van der Waals surface area contributed by atoms with Crippen LogP contribution in [0.1, 0.15) is 47.0 Å². The highest BCUT2D eigenvalue weighted by molar-refractivity contribution is 5.81. The zero-order valence-corrected chi connectivity index (χ0v) is 12.5. The monoisotopic (exact) mass is 272 g/mol. The third kappa shape index (κ3) is 9.47. The summed E-state index contributed by atoms with van der Waals surface area (Å²) in [6.45, 7) is 8.50. The first kappa shape index (κ1) is 17.9. The Morgan fingerprint density at radius 3 is 2.05 bits per heavy atom. The zero-order valence-electron chi connectivity index (χ0n) is 12.5. The summed E-state index contributed by atoms with van der Waals surface area (Å²) in [5.74, 6) is -0.274. The molecule has 112 valence electrons. The Balaban J connectivity index is 4.22. The van der Waals surface area contributed by atoms with Gasteiger partial charge in [-0.1, -0.05) is 27.7 Å². The van der Waals surface area contributed by atoms with Crippen molar-refractivity contribution in [3.8, 4) is 0 Å². The van der Waals surface area contributed by atoms with E-state index in [1.807, 2.05) is 27.7 Å². The molecular weight excluding hydrogens is 244 g/mol. The maximum Gasteiger partial charge on any atom is 0.303 e. The summed E-state index contributed by atoms with van der Waals surface area (Å²) in [5.41, 5.74) is 5.78. The van der Waals surface area contributed by atoms with Crippen molar-refractivity contribution in [2.45, 2.75) is 53.0 Å². The minimum atomic E-state index is -0.827. The first-order chi connectivity index (χ1) is 8.72. The first-order valence-electron chi connectivity index (χ1n) is 6.97. The SMILES string of the molecule is CC(C)CC(CNC(=O)C(N)CC(C)C)CC(=O)O. The summed E-state index contributed by atoms with van der Waals surface area (Å²) >= 11 is 0. The van der Waals surface area contributed by atoms with E-state index in [9.17, 15) is 9.59 Å². The lowest BCUT2D eigenvalue weighted by Gasteiger charge is -2.20. The Bertz CT molecular complexity index is 290. The predicted molar refractivity (Wildman–Crippen MR) is 75.6 cm³/mol. The number of carboxylic acids is 1. The van der Waals surface area contributed by atoms with Crippen LogP contribution in [0.15, 0.2) is 0 Å². The highest BCUT2D eigenvalue weighted by Gasteiger charge is 2.19. The van der Waals surface area contributed by atoms with E-state index >= 15 is 0 Å². The normalized spacial score (nSPS) is 14.5. The molecule has 0 aliphatic heterocycles. The molecule has 0 bridgehead atoms. The van der Waals surface area contributed by atoms with Gasteiger partial charge >= 0.3 is 5.97 Å². The van der Waals surface area contributed by atoms with E-state index in [0.29, 0.717) is 24.8 Å². The minimum absolute atomic E-state index is 0.0345. The predicted octanol–water partition coefficient (Wildman–Crippen LogP) is 1.61. The Kier molecular flexibility index (Phi) is 8.39. The highest BCUT2D eigenvalue weighted by atomic mass is 16.4. The molecular formula is C14H28N2O3. The van der Waals surface area contributed by atoms with E-state index in [4.69, 9.17) is 10.8 Å². The van der Waals surface area contributed by atoms with Crippen LogP contribution in [0.3, 0.4) is 0 Å². The number of amides is 1. The molecule has 0 aromatic rings. The Labute approximate surface area is 115 Å². The van der Waals surface area contributed by atoms with Crippen LogP contribution in [0.2, 0.25) is 0 Å². The average Bonchev–Trinajstić information content (AvgIpc) is 2.22. The van der Waals surface area contributed by atoms with E-state index in [-0.39, 0.29) is 18.2 Å².